The molecule has 0 saturated carbocycles. The van der Waals surface area contributed by atoms with Crippen LogP contribution in [0, 0.1) is 6.92 Å². The van der Waals surface area contributed by atoms with Crippen LogP contribution >= 0.6 is 0 Å². The van der Waals surface area contributed by atoms with Crippen molar-refractivity contribution in [3.8, 4) is 11.1 Å². The van der Waals surface area contributed by atoms with Gasteiger partial charge in [0.2, 0.25) is 0 Å². The molecule has 1 N–H and O–H groups in total. The largest absolute Gasteiger partial charge is 0.480 e. The molecule has 0 aliphatic carbocycles. The molecule has 1 fully saturated rings. The number of hydrogen-bond donors (Lipinski definition) is 1. The van der Waals surface area contributed by atoms with Crippen molar-refractivity contribution in [3.05, 3.63) is 59.7 Å². The van der Waals surface area contributed by atoms with E-state index in [2.05, 4.69) is 54.3 Å². The summed E-state index contributed by atoms with van der Waals surface area (Å²) in [5, 5.41) is 9.41. The van der Waals surface area contributed by atoms with E-state index in [0.29, 0.717) is 6.54 Å². The summed E-state index contributed by atoms with van der Waals surface area (Å²) >= 11 is 0. The highest BCUT2D eigenvalue weighted by Crippen LogP contribution is 2.26. The van der Waals surface area contributed by atoms with E-state index in [1.54, 1.807) is 0 Å². The first-order chi connectivity index (χ1) is 11.1. The van der Waals surface area contributed by atoms with Crippen molar-refractivity contribution in [3.63, 3.8) is 0 Å². The number of aryl methyl sites for hydroxylation is 1. The first-order valence-corrected chi connectivity index (χ1v) is 8.27. The van der Waals surface area contributed by atoms with Gasteiger partial charge >= 0.3 is 5.97 Å². The summed E-state index contributed by atoms with van der Waals surface area (Å²) in [6.45, 7) is 3.69. The van der Waals surface area contributed by atoms with Gasteiger partial charge in [0.05, 0.1) is 0 Å². The number of carbonyl (C=O) groups is 1. The van der Waals surface area contributed by atoms with E-state index in [-0.39, 0.29) is 6.04 Å². The van der Waals surface area contributed by atoms with Crippen LogP contribution in [0.4, 0.5) is 0 Å². The van der Waals surface area contributed by atoms with Crippen LogP contribution in [-0.4, -0.2) is 28.6 Å². The SMILES string of the molecule is Cc1ccccc1-c1cccc(CN2CCCCC2C(=O)O)c1. The van der Waals surface area contributed by atoms with E-state index in [4.69, 9.17) is 0 Å². The fourth-order valence-corrected chi connectivity index (χ4v) is 3.43. The number of hydrogen-bond acceptors (Lipinski definition) is 2. The van der Waals surface area contributed by atoms with Gasteiger partial charge in [0.15, 0.2) is 0 Å². The lowest BCUT2D eigenvalue weighted by Gasteiger charge is -2.32. The third-order valence-electron chi connectivity index (χ3n) is 4.67. The van der Waals surface area contributed by atoms with Crippen LogP contribution in [0.25, 0.3) is 11.1 Å². The van der Waals surface area contributed by atoms with Gasteiger partial charge in [-0.15, -0.1) is 0 Å². The summed E-state index contributed by atoms with van der Waals surface area (Å²) in [6, 6.07) is 16.5. The number of piperidine rings is 1. The van der Waals surface area contributed by atoms with Crippen LogP contribution in [-0.2, 0) is 11.3 Å². The molecule has 120 valence electrons. The molecule has 3 rings (SSSR count). The molecule has 1 aliphatic rings. The highest BCUT2D eigenvalue weighted by molar-refractivity contribution is 5.73. The Labute approximate surface area is 137 Å². The van der Waals surface area contributed by atoms with Crippen molar-refractivity contribution in [1.29, 1.82) is 0 Å². The van der Waals surface area contributed by atoms with Crippen molar-refractivity contribution in [1.82, 2.24) is 4.90 Å². The molecule has 3 heteroatoms. The monoisotopic (exact) mass is 309 g/mol. The molecule has 3 nitrogen and oxygen atoms in total. The summed E-state index contributed by atoms with van der Waals surface area (Å²) in [7, 11) is 0. The highest BCUT2D eigenvalue weighted by atomic mass is 16.4. The van der Waals surface area contributed by atoms with Gasteiger partial charge in [-0.3, -0.25) is 9.69 Å². The maximum Gasteiger partial charge on any atom is 0.320 e. The minimum atomic E-state index is -0.695. The molecule has 0 bridgehead atoms. The third kappa shape index (κ3) is 3.62. The van der Waals surface area contributed by atoms with E-state index in [1.165, 1.54) is 22.3 Å². The predicted molar refractivity (Wildman–Crippen MR) is 92.3 cm³/mol. The van der Waals surface area contributed by atoms with E-state index >= 15 is 0 Å². The van der Waals surface area contributed by atoms with Gasteiger partial charge in [0.1, 0.15) is 6.04 Å². The van der Waals surface area contributed by atoms with E-state index in [0.717, 1.165) is 25.8 Å². The molecule has 2 aromatic carbocycles. The first kappa shape index (κ1) is 15.8. The van der Waals surface area contributed by atoms with Crippen LogP contribution < -0.4 is 0 Å². The second-order valence-electron chi connectivity index (χ2n) is 6.34. The Balaban J connectivity index is 1.83. The van der Waals surface area contributed by atoms with Gasteiger partial charge in [0, 0.05) is 6.54 Å². The average molecular weight is 309 g/mol. The highest BCUT2D eigenvalue weighted by Gasteiger charge is 2.28. The van der Waals surface area contributed by atoms with Crippen LogP contribution in [0.1, 0.15) is 30.4 Å². The zero-order valence-corrected chi connectivity index (χ0v) is 13.5. The van der Waals surface area contributed by atoms with Crippen molar-refractivity contribution in [2.75, 3.05) is 6.54 Å². The number of carboxylic acids is 1. The number of carboxylic acid groups (broad SMARTS) is 1. The molecular formula is C20H23NO2. The zero-order valence-electron chi connectivity index (χ0n) is 13.5. The third-order valence-corrected chi connectivity index (χ3v) is 4.67. The molecule has 0 radical (unpaired) electrons. The summed E-state index contributed by atoms with van der Waals surface area (Å²) in [6.07, 6.45) is 2.85. The molecule has 1 saturated heterocycles. The predicted octanol–water partition coefficient (Wildman–Crippen LogP) is 4.10. The second-order valence-corrected chi connectivity index (χ2v) is 6.34. The second kappa shape index (κ2) is 6.97. The van der Waals surface area contributed by atoms with Gasteiger partial charge in [-0.05, 0) is 54.6 Å². The first-order valence-electron chi connectivity index (χ1n) is 8.27. The van der Waals surface area contributed by atoms with Crippen molar-refractivity contribution < 1.29 is 9.90 Å². The average Bonchev–Trinajstić information content (AvgIpc) is 2.56. The Bertz CT molecular complexity index is 696. The lowest BCUT2D eigenvalue weighted by Crippen LogP contribution is -2.43. The fraction of sp³-hybridized carbons (Fsp3) is 0.350. The topological polar surface area (TPSA) is 40.5 Å². The number of benzene rings is 2. The molecule has 0 aromatic heterocycles. The maximum absolute atomic E-state index is 11.4. The normalized spacial score (nSPS) is 18.7. The number of aliphatic carboxylic acids is 1. The van der Waals surface area contributed by atoms with Gasteiger partial charge in [-0.1, -0.05) is 48.9 Å². The van der Waals surface area contributed by atoms with Gasteiger partial charge in [-0.25, -0.2) is 0 Å². The molecule has 1 aliphatic heterocycles. The molecule has 1 atom stereocenters. The number of rotatable bonds is 4. The van der Waals surface area contributed by atoms with E-state index < -0.39 is 5.97 Å². The molecule has 1 unspecified atom stereocenters. The van der Waals surface area contributed by atoms with Crippen LogP contribution in [0.2, 0.25) is 0 Å². The Morgan fingerprint density at radius 1 is 1.17 bits per heavy atom. The molecule has 2 aromatic rings. The summed E-state index contributed by atoms with van der Waals surface area (Å²) in [5.41, 5.74) is 4.87. The standard InChI is InChI=1S/C20H23NO2/c1-15-7-2-3-10-18(15)17-9-6-8-16(13-17)14-21-12-5-4-11-19(21)20(22)23/h2-3,6-10,13,19H,4-5,11-12,14H2,1H3,(H,22,23). The number of nitrogens with zero attached hydrogens (tertiary/aromatic N) is 1. The van der Waals surface area contributed by atoms with Crippen LogP contribution in [0.3, 0.4) is 0 Å². The minimum absolute atomic E-state index is 0.342. The van der Waals surface area contributed by atoms with Crippen LogP contribution in [0.5, 0.6) is 0 Å². The lowest BCUT2D eigenvalue weighted by atomic mass is 9.97. The smallest absolute Gasteiger partial charge is 0.320 e. The number of likely N-dealkylation sites (tertiary alicyclic amines) is 1. The van der Waals surface area contributed by atoms with Gasteiger partial charge in [-0.2, -0.15) is 0 Å². The molecule has 0 amide bonds. The van der Waals surface area contributed by atoms with Crippen molar-refractivity contribution >= 4 is 5.97 Å². The lowest BCUT2D eigenvalue weighted by molar-refractivity contribution is -0.144. The Hall–Kier alpha value is -2.13. The molecule has 0 spiro atoms. The maximum atomic E-state index is 11.4. The molecule has 23 heavy (non-hydrogen) atoms. The Kier molecular flexibility index (Phi) is 4.77. The van der Waals surface area contributed by atoms with Crippen molar-refractivity contribution in [2.24, 2.45) is 0 Å². The Morgan fingerprint density at radius 3 is 2.78 bits per heavy atom. The minimum Gasteiger partial charge on any atom is -0.480 e. The summed E-state index contributed by atoms with van der Waals surface area (Å²) in [5.74, 6) is -0.695. The Morgan fingerprint density at radius 2 is 2.00 bits per heavy atom. The van der Waals surface area contributed by atoms with Crippen molar-refractivity contribution in [2.45, 2.75) is 38.8 Å². The molecular weight excluding hydrogens is 286 g/mol. The van der Waals surface area contributed by atoms with E-state index in [9.17, 15) is 9.90 Å². The van der Waals surface area contributed by atoms with Crippen LogP contribution in [0.15, 0.2) is 48.5 Å². The summed E-state index contributed by atoms with van der Waals surface area (Å²) in [4.78, 5) is 13.5. The fourth-order valence-electron chi connectivity index (χ4n) is 3.43. The van der Waals surface area contributed by atoms with Gasteiger partial charge in [0.25, 0.3) is 0 Å². The van der Waals surface area contributed by atoms with E-state index in [1.807, 2.05) is 6.07 Å². The van der Waals surface area contributed by atoms with Gasteiger partial charge < -0.3 is 5.11 Å². The quantitative estimate of drug-likeness (QED) is 0.924. The summed E-state index contributed by atoms with van der Waals surface area (Å²) < 4.78 is 0. The zero-order chi connectivity index (χ0) is 16.2. The molecule has 1 heterocycles.